The molecule has 2 rings (SSSR count). The van der Waals surface area contributed by atoms with E-state index in [0.717, 1.165) is 11.3 Å². The van der Waals surface area contributed by atoms with Crippen LogP contribution in [0.3, 0.4) is 0 Å². The quantitative estimate of drug-likeness (QED) is 0.597. The lowest BCUT2D eigenvalue weighted by atomic mass is 10.2. The van der Waals surface area contributed by atoms with Gasteiger partial charge in [0.05, 0.1) is 7.11 Å². The fraction of sp³-hybridized carbons (Fsp3) is 0.350. The van der Waals surface area contributed by atoms with Gasteiger partial charge in [-0.05, 0) is 42.2 Å². The van der Waals surface area contributed by atoms with E-state index in [4.69, 9.17) is 9.47 Å². The molecule has 7 nitrogen and oxygen atoms in total. The number of pyridine rings is 1. The lowest BCUT2D eigenvalue weighted by Gasteiger charge is -2.18. The van der Waals surface area contributed by atoms with Gasteiger partial charge in [0.15, 0.2) is 6.61 Å². The third-order valence-electron chi connectivity index (χ3n) is 3.85. The first-order chi connectivity index (χ1) is 13.6. The van der Waals surface area contributed by atoms with Crippen molar-refractivity contribution in [3.05, 3.63) is 54.2 Å². The highest BCUT2D eigenvalue weighted by molar-refractivity contribution is 7.98. The highest BCUT2D eigenvalue weighted by atomic mass is 32.2. The molecule has 0 fully saturated rings. The van der Waals surface area contributed by atoms with E-state index in [-0.39, 0.29) is 18.4 Å². The van der Waals surface area contributed by atoms with Crippen molar-refractivity contribution in [2.24, 2.45) is 0 Å². The van der Waals surface area contributed by atoms with Crippen LogP contribution in [0.2, 0.25) is 0 Å². The van der Waals surface area contributed by atoms with E-state index in [2.05, 4.69) is 15.6 Å². The number of aromatic nitrogens is 1. The number of amides is 2. The van der Waals surface area contributed by atoms with Crippen molar-refractivity contribution in [1.82, 2.24) is 15.6 Å². The number of hydrogen-bond donors (Lipinski definition) is 2. The zero-order chi connectivity index (χ0) is 20.2. The molecule has 2 amide bonds. The van der Waals surface area contributed by atoms with Crippen molar-refractivity contribution < 1.29 is 19.1 Å². The van der Waals surface area contributed by atoms with Gasteiger partial charge in [-0.1, -0.05) is 18.2 Å². The number of rotatable bonds is 11. The Morgan fingerprint density at radius 1 is 1.21 bits per heavy atom. The van der Waals surface area contributed by atoms with Gasteiger partial charge in [0, 0.05) is 18.8 Å². The fourth-order valence-electron chi connectivity index (χ4n) is 2.39. The van der Waals surface area contributed by atoms with Gasteiger partial charge in [-0.15, -0.1) is 0 Å². The van der Waals surface area contributed by atoms with E-state index < -0.39 is 6.04 Å². The summed E-state index contributed by atoms with van der Waals surface area (Å²) in [5, 5.41) is 5.61. The Kier molecular flexibility index (Phi) is 9.14. The Labute approximate surface area is 169 Å². The summed E-state index contributed by atoms with van der Waals surface area (Å²) in [6.07, 6.45) is 4.11. The molecule has 0 spiro atoms. The highest BCUT2D eigenvalue weighted by Gasteiger charge is 2.20. The molecule has 0 aliphatic rings. The summed E-state index contributed by atoms with van der Waals surface area (Å²) in [6.45, 7) is 0.179. The van der Waals surface area contributed by atoms with Gasteiger partial charge in [0.25, 0.3) is 5.91 Å². The lowest BCUT2D eigenvalue weighted by molar-refractivity contribution is -0.130. The summed E-state index contributed by atoms with van der Waals surface area (Å²) in [7, 11) is 1.54. The number of para-hydroxylation sites is 1. The number of nitrogens with one attached hydrogen (secondary N) is 2. The molecule has 1 heterocycles. The van der Waals surface area contributed by atoms with Crippen molar-refractivity contribution >= 4 is 23.6 Å². The van der Waals surface area contributed by atoms with E-state index in [1.807, 2.05) is 24.5 Å². The second kappa shape index (κ2) is 11.9. The molecular weight excluding hydrogens is 378 g/mol. The molecule has 0 saturated carbocycles. The van der Waals surface area contributed by atoms with Gasteiger partial charge >= 0.3 is 0 Å². The Morgan fingerprint density at radius 2 is 2.00 bits per heavy atom. The largest absolute Gasteiger partial charge is 0.484 e. The average Bonchev–Trinajstić information content (AvgIpc) is 2.74. The van der Waals surface area contributed by atoms with E-state index in [1.54, 1.807) is 42.2 Å². The molecule has 0 radical (unpaired) electrons. The monoisotopic (exact) mass is 403 g/mol. The molecule has 8 heteroatoms. The highest BCUT2D eigenvalue weighted by Crippen LogP contribution is 2.09. The number of carbonyl (C=O) groups excluding carboxylic acids is 2. The van der Waals surface area contributed by atoms with Crippen LogP contribution in [0.4, 0.5) is 0 Å². The van der Waals surface area contributed by atoms with Crippen LogP contribution < -0.4 is 20.1 Å². The van der Waals surface area contributed by atoms with Gasteiger partial charge in [-0.25, -0.2) is 4.98 Å². The Hall–Kier alpha value is -2.74. The second-order valence-corrected chi connectivity index (χ2v) is 6.91. The first-order valence-corrected chi connectivity index (χ1v) is 10.2. The minimum atomic E-state index is -0.622. The summed E-state index contributed by atoms with van der Waals surface area (Å²) in [5.74, 6) is 1.26. The first kappa shape index (κ1) is 21.6. The van der Waals surface area contributed by atoms with Crippen LogP contribution in [0.1, 0.15) is 12.0 Å². The van der Waals surface area contributed by atoms with Crippen LogP contribution in [0, 0.1) is 0 Å². The van der Waals surface area contributed by atoms with Crippen LogP contribution in [0.25, 0.3) is 0 Å². The summed E-state index contributed by atoms with van der Waals surface area (Å²) < 4.78 is 10.5. The molecule has 1 aromatic carbocycles. The van der Waals surface area contributed by atoms with Crippen LogP contribution in [0.15, 0.2) is 48.7 Å². The SMILES string of the molecule is COc1cc(CNC(=O)C(CCSC)NC(=O)COc2ccccc2)ccn1. The average molecular weight is 404 g/mol. The Balaban J connectivity index is 1.87. The van der Waals surface area contributed by atoms with E-state index in [0.29, 0.717) is 24.6 Å². The summed E-state index contributed by atoms with van der Waals surface area (Å²) in [6, 6.07) is 12.0. The van der Waals surface area contributed by atoms with Crippen molar-refractivity contribution in [1.29, 1.82) is 0 Å². The number of ether oxygens (including phenoxy) is 2. The molecule has 0 bridgehead atoms. The van der Waals surface area contributed by atoms with Crippen molar-refractivity contribution in [3.63, 3.8) is 0 Å². The third kappa shape index (κ3) is 7.48. The second-order valence-electron chi connectivity index (χ2n) is 5.93. The molecule has 1 unspecified atom stereocenters. The molecule has 150 valence electrons. The molecule has 2 aromatic rings. The number of thioether (sulfide) groups is 1. The van der Waals surface area contributed by atoms with E-state index in [1.165, 1.54) is 7.11 Å². The zero-order valence-electron chi connectivity index (χ0n) is 16.0. The minimum Gasteiger partial charge on any atom is -0.484 e. The lowest BCUT2D eigenvalue weighted by Crippen LogP contribution is -2.48. The van der Waals surface area contributed by atoms with E-state index >= 15 is 0 Å². The smallest absolute Gasteiger partial charge is 0.258 e. The Bertz CT molecular complexity index is 758. The number of hydrogen-bond acceptors (Lipinski definition) is 6. The van der Waals surface area contributed by atoms with Crippen LogP contribution in [-0.4, -0.2) is 48.6 Å². The molecule has 1 aromatic heterocycles. The van der Waals surface area contributed by atoms with E-state index in [9.17, 15) is 9.59 Å². The normalized spacial score (nSPS) is 11.4. The fourth-order valence-corrected chi connectivity index (χ4v) is 2.86. The summed E-state index contributed by atoms with van der Waals surface area (Å²) in [5.41, 5.74) is 0.863. The van der Waals surface area contributed by atoms with Crippen LogP contribution in [-0.2, 0) is 16.1 Å². The molecule has 0 aliphatic heterocycles. The zero-order valence-corrected chi connectivity index (χ0v) is 16.8. The van der Waals surface area contributed by atoms with Gasteiger partial charge in [0.2, 0.25) is 11.8 Å². The number of nitrogens with zero attached hydrogens (tertiary/aromatic N) is 1. The first-order valence-electron chi connectivity index (χ1n) is 8.85. The maximum atomic E-state index is 12.6. The molecule has 1 atom stereocenters. The molecule has 28 heavy (non-hydrogen) atoms. The Morgan fingerprint density at radius 3 is 2.71 bits per heavy atom. The maximum absolute atomic E-state index is 12.6. The van der Waals surface area contributed by atoms with Crippen molar-refractivity contribution in [2.45, 2.75) is 19.0 Å². The van der Waals surface area contributed by atoms with Gasteiger partial charge in [0.1, 0.15) is 11.8 Å². The van der Waals surface area contributed by atoms with Gasteiger partial charge < -0.3 is 20.1 Å². The predicted octanol–water partition coefficient (Wildman–Crippen LogP) is 2.02. The number of methoxy groups -OCH3 is 1. The standard InChI is InChI=1S/C20H25N3O4S/c1-26-19-12-15(8-10-21-19)13-22-20(25)17(9-11-28-2)23-18(24)14-27-16-6-4-3-5-7-16/h3-8,10,12,17H,9,11,13-14H2,1-2H3,(H,22,25)(H,23,24). The summed E-state index contributed by atoms with van der Waals surface area (Å²) in [4.78, 5) is 28.8. The molecule has 0 saturated heterocycles. The number of benzene rings is 1. The van der Waals surface area contributed by atoms with Crippen LogP contribution >= 0.6 is 11.8 Å². The maximum Gasteiger partial charge on any atom is 0.258 e. The predicted molar refractivity (Wildman–Crippen MR) is 110 cm³/mol. The topological polar surface area (TPSA) is 89.6 Å². The molecular formula is C20H25N3O4S. The number of carbonyl (C=O) groups is 2. The minimum absolute atomic E-state index is 0.144. The van der Waals surface area contributed by atoms with Crippen LogP contribution in [0.5, 0.6) is 11.6 Å². The molecule has 0 aliphatic carbocycles. The van der Waals surface area contributed by atoms with Gasteiger partial charge in [-0.2, -0.15) is 11.8 Å². The van der Waals surface area contributed by atoms with Crippen molar-refractivity contribution in [3.8, 4) is 11.6 Å². The molecule has 2 N–H and O–H groups in total. The summed E-state index contributed by atoms with van der Waals surface area (Å²) >= 11 is 1.62. The third-order valence-corrected chi connectivity index (χ3v) is 4.49. The van der Waals surface area contributed by atoms with Crippen molar-refractivity contribution in [2.75, 3.05) is 25.7 Å². The van der Waals surface area contributed by atoms with Gasteiger partial charge in [-0.3, -0.25) is 9.59 Å².